The predicted octanol–water partition coefficient (Wildman–Crippen LogP) is 5.37. The van der Waals surface area contributed by atoms with E-state index in [1.54, 1.807) is 50.4 Å². The number of methoxy groups -OCH3 is 1. The summed E-state index contributed by atoms with van der Waals surface area (Å²) in [5, 5.41) is 3.58. The first-order chi connectivity index (χ1) is 20.7. The number of benzene rings is 3. The third-order valence-electron chi connectivity index (χ3n) is 7.94. The van der Waals surface area contributed by atoms with E-state index in [4.69, 9.17) is 18.9 Å². The highest BCUT2D eigenvalue weighted by Gasteiger charge is 2.55. The first-order valence-electron chi connectivity index (χ1n) is 14.5. The fraction of sp³-hybridized carbons (Fsp3) is 0.424. The number of nitrogens with one attached hydrogen (secondary N) is 1. The zero-order chi connectivity index (χ0) is 30.4. The second-order valence-corrected chi connectivity index (χ2v) is 10.9. The molecule has 3 aromatic rings. The van der Waals surface area contributed by atoms with E-state index in [1.807, 2.05) is 24.3 Å². The molecule has 1 saturated heterocycles. The summed E-state index contributed by atoms with van der Waals surface area (Å²) in [6.45, 7) is 5.84. The van der Waals surface area contributed by atoms with Crippen LogP contribution in [0.25, 0.3) is 0 Å². The normalized spacial score (nSPS) is 20.3. The second-order valence-electron chi connectivity index (χ2n) is 10.9. The van der Waals surface area contributed by atoms with E-state index in [9.17, 15) is 18.0 Å². The van der Waals surface area contributed by atoms with Gasteiger partial charge in [0.05, 0.1) is 19.3 Å². The molecule has 43 heavy (non-hydrogen) atoms. The van der Waals surface area contributed by atoms with Gasteiger partial charge < -0.3 is 24.3 Å². The van der Waals surface area contributed by atoms with Gasteiger partial charge in [0, 0.05) is 38.6 Å². The minimum absolute atomic E-state index is 0.269. The SMILES string of the molecule is CCOC(=O)[C@H](Cc1ccc(OCCNC2C3CN(Cc4ccc(C(F)(F)F)cc4)C[C@@H]32)cc1)Oc1ccc(OC)cc1. The van der Waals surface area contributed by atoms with Crippen LogP contribution in [0.1, 0.15) is 23.6 Å². The van der Waals surface area contributed by atoms with Crippen molar-refractivity contribution in [1.29, 1.82) is 0 Å². The molecule has 1 aliphatic carbocycles. The van der Waals surface area contributed by atoms with Crippen molar-refractivity contribution in [2.45, 2.75) is 38.2 Å². The fourth-order valence-corrected chi connectivity index (χ4v) is 5.66. The minimum atomic E-state index is -4.30. The summed E-state index contributed by atoms with van der Waals surface area (Å²) in [6.07, 6.45) is -4.73. The van der Waals surface area contributed by atoms with Crippen molar-refractivity contribution in [1.82, 2.24) is 10.2 Å². The maximum Gasteiger partial charge on any atom is 0.416 e. The van der Waals surface area contributed by atoms with Crippen LogP contribution in [-0.4, -0.2) is 63.0 Å². The number of nitrogens with zero attached hydrogens (tertiary/aromatic N) is 1. The highest BCUT2D eigenvalue weighted by Crippen LogP contribution is 2.45. The van der Waals surface area contributed by atoms with Crippen LogP contribution in [0.15, 0.2) is 72.8 Å². The Morgan fingerprint density at radius 3 is 2.12 bits per heavy atom. The molecule has 230 valence electrons. The van der Waals surface area contributed by atoms with Gasteiger partial charge in [0.2, 0.25) is 0 Å². The number of halogens is 3. The maximum atomic E-state index is 12.8. The van der Waals surface area contributed by atoms with E-state index in [0.717, 1.165) is 48.6 Å². The number of carbonyl (C=O) groups excluding carboxylic acids is 1. The number of esters is 1. The Labute approximate surface area is 249 Å². The van der Waals surface area contributed by atoms with Gasteiger partial charge in [-0.3, -0.25) is 4.90 Å². The molecule has 2 fully saturated rings. The van der Waals surface area contributed by atoms with Crippen LogP contribution in [0.3, 0.4) is 0 Å². The molecule has 1 saturated carbocycles. The number of piperidine rings is 1. The van der Waals surface area contributed by atoms with E-state index < -0.39 is 23.8 Å². The van der Waals surface area contributed by atoms with Crippen LogP contribution in [0.5, 0.6) is 17.2 Å². The Bertz CT molecular complexity index is 1320. The topological polar surface area (TPSA) is 69.3 Å². The van der Waals surface area contributed by atoms with Gasteiger partial charge in [0.15, 0.2) is 6.10 Å². The molecular formula is C33H37F3N2O5. The molecule has 0 radical (unpaired) electrons. The van der Waals surface area contributed by atoms with Gasteiger partial charge in [-0.2, -0.15) is 13.2 Å². The molecule has 2 aliphatic rings. The van der Waals surface area contributed by atoms with Crippen LogP contribution in [0.4, 0.5) is 13.2 Å². The van der Waals surface area contributed by atoms with Gasteiger partial charge in [-0.25, -0.2) is 4.79 Å². The highest BCUT2D eigenvalue weighted by atomic mass is 19.4. The summed E-state index contributed by atoms with van der Waals surface area (Å²) in [4.78, 5) is 14.9. The van der Waals surface area contributed by atoms with Gasteiger partial charge in [-0.05, 0) is 78.4 Å². The number of likely N-dealkylation sites (tertiary alicyclic amines) is 1. The predicted molar refractivity (Wildman–Crippen MR) is 155 cm³/mol. The van der Waals surface area contributed by atoms with E-state index in [1.165, 1.54) is 0 Å². The van der Waals surface area contributed by atoms with Crippen molar-refractivity contribution in [2.75, 3.05) is 40.0 Å². The zero-order valence-corrected chi connectivity index (χ0v) is 24.3. The Kier molecular flexibility index (Phi) is 9.77. The minimum Gasteiger partial charge on any atom is -0.497 e. The summed E-state index contributed by atoms with van der Waals surface area (Å²) in [7, 11) is 1.59. The average Bonchev–Trinajstić information content (AvgIpc) is 3.45. The molecule has 1 heterocycles. The lowest BCUT2D eigenvalue weighted by atomic mass is 10.1. The molecule has 0 bridgehead atoms. The van der Waals surface area contributed by atoms with Crippen molar-refractivity contribution in [3.8, 4) is 17.2 Å². The van der Waals surface area contributed by atoms with E-state index >= 15 is 0 Å². The van der Waals surface area contributed by atoms with Crippen LogP contribution >= 0.6 is 0 Å². The molecule has 0 spiro atoms. The number of hydrogen-bond acceptors (Lipinski definition) is 7. The molecule has 1 N–H and O–H groups in total. The van der Waals surface area contributed by atoms with Gasteiger partial charge in [-0.1, -0.05) is 24.3 Å². The number of hydrogen-bond donors (Lipinski definition) is 1. The Hall–Kier alpha value is -3.76. The van der Waals surface area contributed by atoms with Gasteiger partial charge in [0.1, 0.15) is 23.9 Å². The van der Waals surface area contributed by atoms with E-state index in [2.05, 4.69) is 10.2 Å². The third kappa shape index (κ3) is 8.20. The number of ether oxygens (including phenoxy) is 4. The lowest BCUT2D eigenvalue weighted by Gasteiger charge is -2.20. The van der Waals surface area contributed by atoms with Crippen LogP contribution in [-0.2, 0) is 28.7 Å². The lowest BCUT2D eigenvalue weighted by Crippen LogP contribution is -2.33. The molecule has 3 aromatic carbocycles. The van der Waals surface area contributed by atoms with Crippen molar-refractivity contribution in [3.05, 3.63) is 89.5 Å². The van der Waals surface area contributed by atoms with Crippen molar-refractivity contribution in [3.63, 3.8) is 0 Å². The Balaban J connectivity index is 1.01. The smallest absolute Gasteiger partial charge is 0.416 e. The van der Waals surface area contributed by atoms with Crippen LogP contribution in [0.2, 0.25) is 0 Å². The number of alkyl halides is 3. The van der Waals surface area contributed by atoms with Gasteiger partial charge >= 0.3 is 12.1 Å². The first-order valence-corrected chi connectivity index (χ1v) is 14.5. The van der Waals surface area contributed by atoms with Gasteiger partial charge in [-0.15, -0.1) is 0 Å². The lowest BCUT2D eigenvalue weighted by molar-refractivity contribution is -0.151. The first kappa shape index (κ1) is 30.7. The molecule has 5 rings (SSSR count). The quantitative estimate of drug-likeness (QED) is 0.198. The van der Waals surface area contributed by atoms with Crippen molar-refractivity contribution < 1.29 is 36.9 Å². The molecular weight excluding hydrogens is 561 g/mol. The summed E-state index contributed by atoms with van der Waals surface area (Å²) < 4.78 is 60.6. The molecule has 0 amide bonds. The van der Waals surface area contributed by atoms with Crippen molar-refractivity contribution >= 4 is 5.97 Å². The monoisotopic (exact) mass is 598 g/mol. The van der Waals surface area contributed by atoms with Crippen molar-refractivity contribution in [2.24, 2.45) is 11.8 Å². The number of rotatable bonds is 14. The van der Waals surface area contributed by atoms with Gasteiger partial charge in [0.25, 0.3) is 0 Å². The summed E-state index contributed by atoms with van der Waals surface area (Å²) in [6, 6.07) is 20.6. The molecule has 2 unspecified atom stereocenters. The molecule has 4 atom stereocenters. The standard InChI is InChI=1S/C33H37F3N2O5/c1-3-41-32(39)30(43-27-14-12-25(40-2)13-15-27)18-22-6-10-26(11-7-22)42-17-16-37-31-28-20-38(21-29(28)31)19-23-4-8-24(9-5-23)33(34,35)36/h4-15,28-31,37H,3,16-21H2,1-2H3/t28-,29?,30-,31?/m0/s1. The summed E-state index contributed by atoms with van der Waals surface area (Å²) in [5.74, 6) is 2.72. The zero-order valence-electron chi connectivity index (χ0n) is 24.3. The van der Waals surface area contributed by atoms with E-state index in [0.29, 0.717) is 48.9 Å². The number of fused-ring (bicyclic) bond motifs is 1. The number of carbonyl (C=O) groups is 1. The fourth-order valence-electron chi connectivity index (χ4n) is 5.66. The van der Waals surface area contributed by atoms with E-state index in [-0.39, 0.29) is 6.61 Å². The molecule has 0 aromatic heterocycles. The maximum absolute atomic E-state index is 12.8. The molecule has 10 heteroatoms. The summed E-state index contributed by atoms with van der Waals surface area (Å²) in [5.41, 5.74) is 1.21. The Morgan fingerprint density at radius 2 is 1.51 bits per heavy atom. The third-order valence-corrected chi connectivity index (χ3v) is 7.94. The highest BCUT2D eigenvalue weighted by molar-refractivity contribution is 5.75. The van der Waals surface area contributed by atoms with Crippen LogP contribution < -0.4 is 19.5 Å². The summed E-state index contributed by atoms with van der Waals surface area (Å²) >= 11 is 0. The second kappa shape index (κ2) is 13.7. The largest absolute Gasteiger partial charge is 0.497 e. The van der Waals surface area contributed by atoms with Crippen LogP contribution in [0, 0.1) is 11.8 Å². The molecule has 1 aliphatic heterocycles. The average molecular weight is 599 g/mol. The molecule has 7 nitrogen and oxygen atoms in total. The Morgan fingerprint density at radius 1 is 0.907 bits per heavy atom.